The lowest BCUT2D eigenvalue weighted by molar-refractivity contribution is -0.119. The maximum atomic E-state index is 12.3. The van der Waals surface area contributed by atoms with Crippen molar-refractivity contribution in [1.82, 2.24) is 9.88 Å². The number of amides is 2. The summed E-state index contributed by atoms with van der Waals surface area (Å²) in [5.74, 6) is -0.636. The van der Waals surface area contributed by atoms with Gasteiger partial charge in [-0.2, -0.15) is 0 Å². The van der Waals surface area contributed by atoms with Crippen LogP contribution in [0.4, 0.5) is 11.5 Å². The summed E-state index contributed by atoms with van der Waals surface area (Å²) in [6, 6.07) is 8.36. The van der Waals surface area contributed by atoms with Crippen LogP contribution >= 0.6 is 15.9 Å². The monoisotopic (exact) mass is 448 g/mol. The van der Waals surface area contributed by atoms with E-state index in [1.165, 1.54) is 7.11 Å². The number of aromatic nitrogens is 1. The van der Waals surface area contributed by atoms with Crippen molar-refractivity contribution in [2.24, 2.45) is 0 Å². The van der Waals surface area contributed by atoms with Crippen LogP contribution in [0.2, 0.25) is 0 Å². The number of carbonyl (C=O) groups excluding carboxylic acids is 3. The molecule has 0 spiro atoms. The topological polar surface area (TPSA) is 101 Å². The number of nitrogens with one attached hydrogen (secondary N) is 2. The van der Waals surface area contributed by atoms with Crippen molar-refractivity contribution in [3.8, 4) is 0 Å². The Morgan fingerprint density at radius 2 is 1.79 bits per heavy atom. The second-order valence-electron chi connectivity index (χ2n) is 6.15. The van der Waals surface area contributed by atoms with Gasteiger partial charge in [0.05, 0.1) is 25.8 Å². The highest BCUT2D eigenvalue weighted by Gasteiger charge is 2.14. The van der Waals surface area contributed by atoms with Crippen LogP contribution in [-0.4, -0.2) is 54.9 Å². The smallest absolute Gasteiger partial charge is 0.337 e. The first kappa shape index (κ1) is 21.5. The third-order valence-electron chi connectivity index (χ3n) is 3.75. The lowest BCUT2D eigenvalue weighted by atomic mass is 10.1. The molecule has 0 atom stereocenters. The number of halogens is 1. The first-order chi connectivity index (χ1) is 13.3. The number of carbonyl (C=O) groups is 3. The molecule has 1 heterocycles. The molecule has 0 aliphatic rings. The number of pyridine rings is 1. The van der Waals surface area contributed by atoms with E-state index in [1.807, 2.05) is 6.92 Å². The summed E-state index contributed by atoms with van der Waals surface area (Å²) in [5, 5.41) is 5.41. The van der Waals surface area contributed by atoms with Crippen molar-refractivity contribution in [2.75, 3.05) is 37.9 Å². The van der Waals surface area contributed by atoms with Crippen LogP contribution in [0.3, 0.4) is 0 Å². The normalized spacial score (nSPS) is 10.5. The summed E-state index contributed by atoms with van der Waals surface area (Å²) in [5.41, 5.74) is 1.67. The van der Waals surface area contributed by atoms with Gasteiger partial charge >= 0.3 is 5.97 Å². The van der Waals surface area contributed by atoms with Gasteiger partial charge in [-0.25, -0.2) is 9.78 Å². The number of esters is 1. The first-order valence-electron chi connectivity index (χ1n) is 8.37. The summed E-state index contributed by atoms with van der Waals surface area (Å²) in [4.78, 5) is 41.6. The van der Waals surface area contributed by atoms with E-state index in [2.05, 4.69) is 36.3 Å². The summed E-state index contributed by atoms with van der Waals surface area (Å²) < 4.78 is 5.50. The molecule has 2 rings (SSSR count). The molecule has 148 valence electrons. The average Bonchev–Trinajstić information content (AvgIpc) is 2.64. The molecule has 0 aliphatic heterocycles. The third-order valence-corrected chi connectivity index (χ3v) is 4.22. The van der Waals surface area contributed by atoms with Crippen LogP contribution < -0.4 is 10.6 Å². The number of likely N-dealkylation sites (N-methyl/N-ethyl adjacent to an activating group) is 1. The number of hydrogen-bond donors (Lipinski definition) is 2. The van der Waals surface area contributed by atoms with Gasteiger partial charge in [-0.15, -0.1) is 0 Å². The van der Waals surface area contributed by atoms with Crippen molar-refractivity contribution < 1.29 is 19.1 Å². The second kappa shape index (κ2) is 9.95. The highest BCUT2D eigenvalue weighted by Crippen LogP contribution is 2.17. The molecule has 1 aromatic heterocycles. The minimum Gasteiger partial charge on any atom is -0.465 e. The number of rotatable bonds is 7. The number of ether oxygens (including phenoxy) is 1. The quantitative estimate of drug-likeness (QED) is 0.630. The van der Waals surface area contributed by atoms with E-state index in [9.17, 15) is 14.4 Å². The lowest BCUT2D eigenvalue weighted by Crippen LogP contribution is -2.36. The first-order valence-corrected chi connectivity index (χ1v) is 9.16. The van der Waals surface area contributed by atoms with Crippen molar-refractivity contribution in [3.63, 3.8) is 0 Å². The zero-order valence-corrected chi connectivity index (χ0v) is 17.4. The summed E-state index contributed by atoms with van der Waals surface area (Å²) in [6.45, 7) is 1.84. The Labute approximate surface area is 171 Å². The molecule has 8 nitrogen and oxygen atoms in total. The standard InChI is InChI=1S/C19H21BrN4O4/c1-12-4-5-13(19(27)28-3)8-15(12)22-17(25)10-24(2)11-18(26)23-16-7-6-14(20)9-21-16/h4-9H,10-11H2,1-3H3,(H,22,25)(H,21,23,26). The minimum atomic E-state index is -0.481. The third kappa shape index (κ3) is 6.43. The molecule has 2 amide bonds. The molecule has 0 saturated carbocycles. The number of hydrogen-bond acceptors (Lipinski definition) is 6. The molecular formula is C19H21BrN4O4. The number of nitrogens with zero attached hydrogens (tertiary/aromatic N) is 2. The molecule has 0 saturated heterocycles. The predicted octanol–water partition coefficient (Wildman–Crippen LogP) is 2.45. The van der Waals surface area contributed by atoms with Crippen molar-refractivity contribution in [2.45, 2.75) is 6.92 Å². The number of methoxy groups -OCH3 is 1. The fraction of sp³-hybridized carbons (Fsp3) is 0.263. The molecule has 0 fully saturated rings. The summed E-state index contributed by atoms with van der Waals surface area (Å²) in [7, 11) is 2.95. The molecule has 2 aromatic rings. The Morgan fingerprint density at radius 1 is 1.11 bits per heavy atom. The zero-order chi connectivity index (χ0) is 20.7. The Balaban J connectivity index is 1.89. The molecule has 0 bridgehead atoms. The van der Waals surface area contributed by atoms with Crippen LogP contribution in [-0.2, 0) is 14.3 Å². The van der Waals surface area contributed by atoms with E-state index in [1.54, 1.807) is 48.5 Å². The van der Waals surface area contributed by atoms with Gasteiger partial charge in [0.1, 0.15) is 5.82 Å². The summed E-state index contributed by atoms with van der Waals surface area (Å²) in [6.07, 6.45) is 1.58. The fourth-order valence-electron chi connectivity index (χ4n) is 2.37. The average molecular weight is 449 g/mol. The Morgan fingerprint density at radius 3 is 2.39 bits per heavy atom. The van der Waals surface area contributed by atoms with Gasteiger partial charge in [0, 0.05) is 16.4 Å². The van der Waals surface area contributed by atoms with Crippen LogP contribution in [0.1, 0.15) is 15.9 Å². The highest BCUT2D eigenvalue weighted by molar-refractivity contribution is 9.10. The van der Waals surface area contributed by atoms with Gasteiger partial charge in [-0.05, 0) is 59.7 Å². The molecule has 1 aromatic carbocycles. The van der Waals surface area contributed by atoms with E-state index >= 15 is 0 Å². The van der Waals surface area contributed by atoms with Crippen LogP contribution in [0, 0.1) is 6.92 Å². The van der Waals surface area contributed by atoms with Gasteiger partial charge in [-0.3, -0.25) is 14.5 Å². The van der Waals surface area contributed by atoms with Crippen LogP contribution in [0.25, 0.3) is 0 Å². The molecular weight excluding hydrogens is 428 g/mol. The van der Waals surface area contributed by atoms with Crippen LogP contribution in [0.5, 0.6) is 0 Å². The van der Waals surface area contributed by atoms with Crippen molar-refractivity contribution >= 4 is 45.2 Å². The predicted molar refractivity (Wildman–Crippen MR) is 109 cm³/mol. The Hall–Kier alpha value is -2.78. The van der Waals surface area contributed by atoms with Crippen molar-refractivity contribution in [1.29, 1.82) is 0 Å². The molecule has 28 heavy (non-hydrogen) atoms. The Bertz CT molecular complexity index is 871. The Kier molecular flexibility index (Phi) is 7.65. The summed E-state index contributed by atoms with van der Waals surface area (Å²) >= 11 is 3.27. The van der Waals surface area contributed by atoms with Crippen LogP contribution in [0.15, 0.2) is 41.0 Å². The maximum Gasteiger partial charge on any atom is 0.337 e. The fourth-order valence-corrected chi connectivity index (χ4v) is 2.60. The molecule has 0 unspecified atom stereocenters. The van der Waals surface area contributed by atoms with Gasteiger partial charge in [0.15, 0.2) is 0 Å². The highest BCUT2D eigenvalue weighted by atomic mass is 79.9. The zero-order valence-electron chi connectivity index (χ0n) is 15.8. The number of anilines is 2. The number of aryl methyl sites for hydroxylation is 1. The maximum absolute atomic E-state index is 12.3. The van der Waals surface area contributed by atoms with E-state index in [0.29, 0.717) is 17.1 Å². The molecule has 9 heteroatoms. The van der Waals surface area contributed by atoms with Gasteiger partial charge in [0.2, 0.25) is 11.8 Å². The van der Waals surface area contributed by atoms with Gasteiger partial charge in [0.25, 0.3) is 0 Å². The SMILES string of the molecule is COC(=O)c1ccc(C)c(NC(=O)CN(C)CC(=O)Nc2ccc(Br)cn2)c1. The second-order valence-corrected chi connectivity index (χ2v) is 7.07. The molecule has 0 aliphatic carbocycles. The van der Waals surface area contributed by atoms with E-state index in [0.717, 1.165) is 10.0 Å². The largest absolute Gasteiger partial charge is 0.465 e. The van der Waals surface area contributed by atoms with E-state index < -0.39 is 5.97 Å². The number of benzene rings is 1. The van der Waals surface area contributed by atoms with Gasteiger partial charge in [-0.1, -0.05) is 6.07 Å². The lowest BCUT2D eigenvalue weighted by Gasteiger charge is -2.16. The van der Waals surface area contributed by atoms with E-state index in [-0.39, 0.29) is 24.9 Å². The molecule has 2 N–H and O–H groups in total. The van der Waals surface area contributed by atoms with Gasteiger partial charge < -0.3 is 15.4 Å². The minimum absolute atomic E-state index is 0.00305. The molecule has 0 radical (unpaired) electrons. The van der Waals surface area contributed by atoms with E-state index in [4.69, 9.17) is 0 Å². The van der Waals surface area contributed by atoms with Crippen molar-refractivity contribution in [3.05, 3.63) is 52.1 Å².